The van der Waals surface area contributed by atoms with Crippen LogP contribution in [0.2, 0.25) is 0 Å². The quantitative estimate of drug-likeness (QED) is 0.788. The van der Waals surface area contributed by atoms with Gasteiger partial charge in [0.05, 0.1) is 12.0 Å². The Morgan fingerprint density at radius 2 is 1.82 bits per heavy atom. The average Bonchev–Trinajstić information content (AvgIpc) is 2.40. The van der Waals surface area contributed by atoms with Gasteiger partial charge in [-0.3, -0.25) is 0 Å². The summed E-state index contributed by atoms with van der Waals surface area (Å²) in [7, 11) is 1.72. The van der Waals surface area contributed by atoms with Gasteiger partial charge in [-0.25, -0.2) is 0 Å². The van der Waals surface area contributed by atoms with Crippen LogP contribution in [-0.4, -0.2) is 7.11 Å². The van der Waals surface area contributed by atoms with Crippen molar-refractivity contribution in [3.05, 3.63) is 54.1 Å². The summed E-state index contributed by atoms with van der Waals surface area (Å²) < 4.78 is 5.40. The van der Waals surface area contributed by atoms with Gasteiger partial charge in [-0.2, -0.15) is 0 Å². The summed E-state index contributed by atoms with van der Waals surface area (Å²) in [4.78, 5) is 2.41. The Bertz CT molecular complexity index is 480. The fraction of sp³-hybridized carbons (Fsp3) is 0.200. The lowest BCUT2D eigenvalue weighted by Gasteiger charge is -2.09. The molecule has 0 aliphatic carbocycles. The van der Waals surface area contributed by atoms with E-state index in [0.29, 0.717) is 0 Å². The fourth-order valence-corrected chi connectivity index (χ4v) is 2.65. The Morgan fingerprint density at radius 3 is 2.47 bits per heavy atom. The topological polar surface area (TPSA) is 9.23 Å². The molecule has 0 saturated carbocycles. The van der Waals surface area contributed by atoms with Crippen LogP contribution in [0, 0.1) is 0 Å². The third-order valence-corrected chi connectivity index (χ3v) is 3.65. The highest BCUT2D eigenvalue weighted by atomic mass is 32.2. The van der Waals surface area contributed by atoms with Gasteiger partial charge in [0.1, 0.15) is 5.75 Å². The lowest BCUT2D eigenvalue weighted by Crippen LogP contribution is -1.88. The molecule has 0 heterocycles. The number of methoxy groups -OCH3 is 1. The molecule has 0 spiro atoms. The third-order valence-electron chi connectivity index (χ3n) is 2.61. The Balaban J connectivity index is 2.30. The molecule has 0 aliphatic heterocycles. The lowest BCUT2D eigenvalue weighted by atomic mass is 10.2. The number of ether oxygens (including phenoxy) is 1. The second kappa shape index (κ2) is 5.78. The zero-order valence-electron chi connectivity index (χ0n) is 10.1. The molecule has 2 rings (SSSR count). The molecular formula is C15H16OS. The van der Waals surface area contributed by atoms with Crippen molar-refractivity contribution in [2.24, 2.45) is 0 Å². The Labute approximate surface area is 107 Å². The molecule has 0 aromatic heterocycles. The van der Waals surface area contributed by atoms with Gasteiger partial charge in [0.25, 0.3) is 0 Å². The van der Waals surface area contributed by atoms with Crippen LogP contribution in [0.5, 0.6) is 5.75 Å². The van der Waals surface area contributed by atoms with Gasteiger partial charge in [-0.15, -0.1) is 0 Å². The molecule has 0 unspecified atom stereocenters. The summed E-state index contributed by atoms with van der Waals surface area (Å²) in [5, 5.41) is 0. The molecule has 2 aromatic rings. The highest BCUT2D eigenvalue weighted by Gasteiger charge is 2.05. The SMILES string of the molecule is CCc1ccc(OC)c(Sc2ccccc2)c1. The van der Waals surface area contributed by atoms with Crippen LogP contribution in [0.15, 0.2) is 58.3 Å². The summed E-state index contributed by atoms with van der Waals surface area (Å²) in [6.45, 7) is 2.17. The molecule has 0 aliphatic rings. The molecule has 0 atom stereocenters. The molecular weight excluding hydrogens is 228 g/mol. The van der Waals surface area contributed by atoms with E-state index in [2.05, 4.69) is 43.3 Å². The van der Waals surface area contributed by atoms with Crippen LogP contribution < -0.4 is 4.74 Å². The van der Waals surface area contributed by atoms with E-state index in [0.717, 1.165) is 12.2 Å². The predicted molar refractivity (Wildman–Crippen MR) is 72.9 cm³/mol. The average molecular weight is 244 g/mol. The van der Waals surface area contributed by atoms with Crippen LogP contribution in [0.4, 0.5) is 0 Å². The van der Waals surface area contributed by atoms with Crippen molar-refractivity contribution in [1.29, 1.82) is 0 Å². The molecule has 1 nitrogen and oxygen atoms in total. The van der Waals surface area contributed by atoms with E-state index in [4.69, 9.17) is 4.74 Å². The van der Waals surface area contributed by atoms with Gasteiger partial charge in [-0.1, -0.05) is 43.0 Å². The molecule has 0 radical (unpaired) electrons. The van der Waals surface area contributed by atoms with Crippen molar-refractivity contribution in [2.75, 3.05) is 7.11 Å². The first-order valence-electron chi connectivity index (χ1n) is 5.73. The van der Waals surface area contributed by atoms with Crippen LogP contribution in [0.25, 0.3) is 0 Å². The minimum Gasteiger partial charge on any atom is -0.496 e. The van der Waals surface area contributed by atoms with Gasteiger partial charge in [0.2, 0.25) is 0 Å². The zero-order chi connectivity index (χ0) is 12.1. The van der Waals surface area contributed by atoms with Gasteiger partial charge in [0, 0.05) is 4.90 Å². The Hall–Kier alpha value is -1.41. The lowest BCUT2D eigenvalue weighted by molar-refractivity contribution is 0.404. The molecule has 2 aromatic carbocycles. The Kier molecular flexibility index (Phi) is 4.10. The summed E-state index contributed by atoms with van der Waals surface area (Å²) in [5.74, 6) is 0.941. The van der Waals surface area contributed by atoms with Gasteiger partial charge < -0.3 is 4.74 Å². The van der Waals surface area contributed by atoms with E-state index in [9.17, 15) is 0 Å². The predicted octanol–water partition coefficient (Wildman–Crippen LogP) is 4.41. The number of aryl methyl sites for hydroxylation is 1. The number of rotatable bonds is 4. The van der Waals surface area contributed by atoms with Crippen molar-refractivity contribution >= 4 is 11.8 Å². The second-order valence-electron chi connectivity index (χ2n) is 3.75. The summed E-state index contributed by atoms with van der Waals surface area (Å²) >= 11 is 1.74. The van der Waals surface area contributed by atoms with Crippen molar-refractivity contribution in [3.8, 4) is 5.75 Å². The minimum atomic E-state index is 0.941. The maximum atomic E-state index is 5.40. The third kappa shape index (κ3) is 3.04. The molecule has 88 valence electrons. The molecule has 0 saturated heterocycles. The van der Waals surface area contributed by atoms with E-state index >= 15 is 0 Å². The summed E-state index contributed by atoms with van der Waals surface area (Å²) in [5.41, 5.74) is 1.34. The molecule has 2 heteroatoms. The smallest absolute Gasteiger partial charge is 0.132 e. The van der Waals surface area contributed by atoms with Crippen LogP contribution >= 0.6 is 11.8 Å². The monoisotopic (exact) mass is 244 g/mol. The van der Waals surface area contributed by atoms with Crippen molar-refractivity contribution in [3.63, 3.8) is 0 Å². The van der Waals surface area contributed by atoms with Crippen LogP contribution in [0.3, 0.4) is 0 Å². The highest BCUT2D eigenvalue weighted by molar-refractivity contribution is 7.99. The van der Waals surface area contributed by atoms with Crippen LogP contribution in [0.1, 0.15) is 12.5 Å². The first kappa shape index (κ1) is 12.1. The molecule has 0 N–H and O–H groups in total. The summed E-state index contributed by atoms with van der Waals surface area (Å²) in [6, 6.07) is 16.7. The van der Waals surface area contributed by atoms with E-state index in [-0.39, 0.29) is 0 Å². The molecule has 17 heavy (non-hydrogen) atoms. The number of hydrogen-bond donors (Lipinski definition) is 0. The maximum absolute atomic E-state index is 5.40. The van der Waals surface area contributed by atoms with Crippen molar-refractivity contribution < 1.29 is 4.74 Å². The zero-order valence-corrected chi connectivity index (χ0v) is 11.0. The second-order valence-corrected chi connectivity index (χ2v) is 4.87. The first-order chi connectivity index (χ1) is 8.33. The van der Waals surface area contributed by atoms with E-state index < -0.39 is 0 Å². The number of hydrogen-bond acceptors (Lipinski definition) is 2. The normalized spacial score (nSPS) is 10.2. The standard InChI is InChI=1S/C15H16OS/c1-3-12-9-10-14(16-2)15(11-12)17-13-7-5-4-6-8-13/h4-11H,3H2,1-2H3. The Morgan fingerprint density at radius 1 is 1.06 bits per heavy atom. The van der Waals surface area contributed by atoms with Crippen LogP contribution in [-0.2, 0) is 6.42 Å². The van der Waals surface area contributed by atoms with E-state index in [1.54, 1.807) is 18.9 Å². The molecule has 0 bridgehead atoms. The van der Waals surface area contributed by atoms with Crippen molar-refractivity contribution in [2.45, 2.75) is 23.1 Å². The highest BCUT2D eigenvalue weighted by Crippen LogP contribution is 2.35. The van der Waals surface area contributed by atoms with Gasteiger partial charge in [0.15, 0.2) is 0 Å². The first-order valence-corrected chi connectivity index (χ1v) is 6.55. The number of benzene rings is 2. The maximum Gasteiger partial charge on any atom is 0.132 e. The molecule has 0 amide bonds. The minimum absolute atomic E-state index is 0.941. The largest absolute Gasteiger partial charge is 0.496 e. The fourth-order valence-electron chi connectivity index (χ4n) is 1.64. The molecule has 0 fully saturated rings. The van der Waals surface area contributed by atoms with E-state index in [1.165, 1.54) is 15.4 Å². The van der Waals surface area contributed by atoms with Crippen molar-refractivity contribution in [1.82, 2.24) is 0 Å². The van der Waals surface area contributed by atoms with Gasteiger partial charge >= 0.3 is 0 Å². The summed E-state index contributed by atoms with van der Waals surface area (Å²) in [6.07, 6.45) is 1.05. The van der Waals surface area contributed by atoms with Gasteiger partial charge in [-0.05, 0) is 36.2 Å². The van der Waals surface area contributed by atoms with E-state index in [1.807, 2.05) is 12.1 Å².